The number of nitrogens with zero attached hydrogens (tertiary/aromatic N) is 2. The van der Waals surface area contributed by atoms with Crippen molar-refractivity contribution in [2.45, 2.75) is 0 Å². The van der Waals surface area contributed by atoms with Gasteiger partial charge in [-0.2, -0.15) is 5.10 Å². The first-order valence-corrected chi connectivity index (χ1v) is 4.90. The van der Waals surface area contributed by atoms with Crippen LogP contribution in [-0.2, 0) is 0 Å². The normalized spacial score (nSPS) is 10.8. The summed E-state index contributed by atoms with van der Waals surface area (Å²) in [4.78, 5) is 7.66. The highest BCUT2D eigenvalue weighted by molar-refractivity contribution is 5.80. The molecule has 2 N–H and O–H groups in total. The lowest BCUT2D eigenvalue weighted by atomic mass is 10.3. The Morgan fingerprint density at radius 1 is 1.25 bits per heavy atom. The monoisotopic (exact) mass is 214 g/mol. The lowest BCUT2D eigenvalue weighted by Gasteiger charge is -1.96. The number of methoxy groups -OCH3 is 1. The molecule has 0 amide bonds. The minimum atomic E-state index is 0.778. The highest BCUT2D eigenvalue weighted by atomic mass is 16.5. The summed E-state index contributed by atoms with van der Waals surface area (Å²) in [6, 6.07) is 7.60. The van der Waals surface area contributed by atoms with Crippen molar-refractivity contribution in [3.05, 3.63) is 30.5 Å². The Balaban J connectivity index is 2.16. The molecule has 16 heavy (non-hydrogen) atoms. The fraction of sp³-hybridized carbons (Fsp3) is 0.0909. The molecule has 3 aromatic rings. The summed E-state index contributed by atoms with van der Waals surface area (Å²) in [7, 11) is 1.65. The topological polar surface area (TPSA) is 66.6 Å². The number of benzene rings is 1. The zero-order valence-electron chi connectivity index (χ0n) is 8.69. The van der Waals surface area contributed by atoms with Gasteiger partial charge in [0.2, 0.25) is 0 Å². The van der Waals surface area contributed by atoms with Crippen LogP contribution in [0.2, 0.25) is 0 Å². The van der Waals surface area contributed by atoms with Gasteiger partial charge in [0.05, 0.1) is 18.1 Å². The summed E-state index contributed by atoms with van der Waals surface area (Å²) in [6.07, 6.45) is 1.70. The molecule has 1 aromatic carbocycles. The number of fused-ring (bicyclic) bond motifs is 1. The second-order valence-electron chi connectivity index (χ2n) is 3.44. The molecule has 0 aliphatic carbocycles. The van der Waals surface area contributed by atoms with E-state index in [-0.39, 0.29) is 0 Å². The fourth-order valence-electron chi connectivity index (χ4n) is 1.63. The third-order valence-electron chi connectivity index (χ3n) is 2.44. The minimum absolute atomic E-state index is 0.778. The molecule has 2 heterocycles. The molecule has 0 aliphatic rings. The Morgan fingerprint density at radius 2 is 2.19 bits per heavy atom. The summed E-state index contributed by atoms with van der Waals surface area (Å²) in [6.45, 7) is 0. The van der Waals surface area contributed by atoms with Gasteiger partial charge >= 0.3 is 0 Å². The smallest absolute Gasteiger partial charge is 0.156 e. The van der Waals surface area contributed by atoms with Crippen molar-refractivity contribution >= 4 is 11.0 Å². The van der Waals surface area contributed by atoms with Gasteiger partial charge in [-0.25, -0.2) is 4.98 Å². The second-order valence-corrected chi connectivity index (χ2v) is 3.44. The average Bonchev–Trinajstić information content (AvgIpc) is 2.96. The number of imidazole rings is 1. The highest BCUT2D eigenvalue weighted by Gasteiger charge is 2.06. The van der Waals surface area contributed by atoms with Crippen molar-refractivity contribution < 1.29 is 4.74 Å². The maximum atomic E-state index is 5.15. The van der Waals surface area contributed by atoms with Crippen LogP contribution in [0, 0.1) is 0 Å². The third-order valence-corrected chi connectivity index (χ3v) is 2.44. The zero-order chi connectivity index (χ0) is 11.0. The molecule has 0 saturated carbocycles. The quantitative estimate of drug-likeness (QED) is 0.685. The van der Waals surface area contributed by atoms with Gasteiger partial charge in [0.15, 0.2) is 5.82 Å². The van der Waals surface area contributed by atoms with Gasteiger partial charge < -0.3 is 9.72 Å². The van der Waals surface area contributed by atoms with E-state index in [4.69, 9.17) is 4.74 Å². The number of aromatic nitrogens is 4. The molecule has 80 valence electrons. The molecule has 0 fully saturated rings. The maximum Gasteiger partial charge on any atom is 0.156 e. The predicted molar refractivity (Wildman–Crippen MR) is 60.2 cm³/mol. The minimum Gasteiger partial charge on any atom is -0.497 e. The van der Waals surface area contributed by atoms with E-state index in [1.807, 2.05) is 24.3 Å². The van der Waals surface area contributed by atoms with Gasteiger partial charge in [-0.15, -0.1) is 0 Å². The molecule has 0 aliphatic heterocycles. The molecule has 0 bridgehead atoms. The first-order chi connectivity index (χ1) is 7.86. The molecule has 3 rings (SSSR count). The highest BCUT2D eigenvalue weighted by Crippen LogP contribution is 2.22. The van der Waals surface area contributed by atoms with Crippen LogP contribution in [-0.4, -0.2) is 27.3 Å². The number of nitrogens with one attached hydrogen (secondary N) is 2. The van der Waals surface area contributed by atoms with E-state index in [1.54, 1.807) is 13.3 Å². The maximum absolute atomic E-state index is 5.15. The van der Waals surface area contributed by atoms with Crippen LogP contribution < -0.4 is 4.74 Å². The number of hydrogen-bond acceptors (Lipinski definition) is 3. The Hall–Kier alpha value is -2.30. The Morgan fingerprint density at radius 3 is 2.94 bits per heavy atom. The van der Waals surface area contributed by atoms with Crippen LogP contribution in [0.15, 0.2) is 30.5 Å². The van der Waals surface area contributed by atoms with Crippen LogP contribution >= 0.6 is 0 Å². The summed E-state index contributed by atoms with van der Waals surface area (Å²) < 4.78 is 5.15. The number of rotatable bonds is 2. The molecule has 0 unspecified atom stereocenters. The van der Waals surface area contributed by atoms with Crippen molar-refractivity contribution in [2.75, 3.05) is 7.11 Å². The predicted octanol–water partition coefficient (Wildman–Crippen LogP) is 1.96. The van der Waals surface area contributed by atoms with Gasteiger partial charge in [-0.1, -0.05) is 0 Å². The third kappa shape index (κ3) is 1.33. The molecule has 0 spiro atoms. The van der Waals surface area contributed by atoms with Crippen LogP contribution in [0.4, 0.5) is 0 Å². The molecule has 5 heteroatoms. The lowest BCUT2D eigenvalue weighted by Crippen LogP contribution is -1.81. The molecule has 5 nitrogen and oxygen atoms in total. The van der Waals surface area contributed by atoms with Gasteiger partial charge in [-0.3, -0.25) is 5.10 Å². The largest absolute Gasteiger partial charge is 0.497 e. The lowest BCUT2D eigenvalue weighted by molar-refractivity contribution is 0.415. The number of H-pyrrole nitrogens is 2. The van der Waals surface area contributed by atoms with E-state index in [0.717, 1.165) is 28.3 Å². The Bertz CT molecular complexity index is 612. The van der Waals surface area contributed by atoms with Crippen LogP contribution in [0.5, 0.6) is 5.75 Å². The van der Waals surface area contributed by atoms with Crippen LogP contribution in [0.25, 0.3) is 22.6 Å². The van der Waals surface area contributed by atoms with Crippen molar-refractivity contribution in [1.82, 2.24) is 20.2 Å². The molecular formula is C11H10N4O. The number of hydrogen-bond donors (Lipinski definition) is 2. The first-order valence-electron chi connectivity index (χ1n) is 4.90. The molecule has 0 radical (unpaired) electrons. The average molecular weight is 214 g/mol. The summed E-state index contributed by atoms with van der Waals surface area (Å²) >= 11 is 0. The molecular weight excluding hydrogens is 204 g/mol. The fourth-order valence-corrected chi connectivity index (χ4v) is 1.63. The zero-order valence-corrected chi connectivity index (χ0v) is 8.69. The molecule has 0 atom stereocenters. The summed E-state index contributed by atoms with van der Waals surface area (Å²) in [5, 5.41) is 6.76. The van der Waals surface area contributed by atoms with E-state index in [0.29, 0.717) is 0 Å². The van der Waals surface area contributed by atoms with Crippen LogP contribution in [0.3, 0.4) is 0 Å². The summed E-state index contributed by atoms with van der Waals surface area (Å²) in [5.74, 6) is 1.59. The number of aromatic amines is 2. The van der Waals surface area contributed by atoms with E-state index >= 15 is 0 Å². The van der Waals surface area contributed by atoms with Gasteiger partial charge in [0.25, 0.3) is 0 Å². The second kappa shape index (κ2) is 3.37. The van der Waals surface area contributed by atoms with E-state index < -0.39 is 0 Å². The Kier molecular flexibility index (Phi) is 1.89. The van der Waals surface area contributed by atoms with Gasteiger partial charge in [0, 0.05) is 12.3 Å². The summed E-state index contributed by atoms with van der Waals surface area (Å²) in [5.41, 5.74) is 2.73. The van der Waals surface area contributed by atoms with E-state index in [1.165, 1.54) is 0 Å². The van der Waals surface area contributed by atoms with Crippen LogP contribution in [0.1, 0.15) is 0 Å². The van der Waals surface area contributed by atoms with Crippen molar-refractivity contribution in [3.63, 3.8) is 0 Å². The molecule has 2 aromatic heterocycles. The first kappa shape index (κ1) is 8.96. The van der Waals surface area contributed by atoms with Crippen molar-refractivity contribution in [1.29, 1.82) is 0 Å². The van der Waals surface area contributed by atoms with Crippen molar-refractivity contribution in [2.24, 2.45) is 0 Å². The standard InChI is InChI=1S/C11H10N4O/c1-16-7-2-3-8-10(6-7)14-11(13-8)9-4-5-12-15-9/h2-6H,1H3,(H,12,15)(H,13,14). The van der Waals surface area contributed by atoms with Gasteiger partial charge in [-0.05, 0) is 18.2 Å². The number of ether oxygens (including phenoxy) is 1. The van der Waals surface area contributed by atoms with Gasteiger partial charge in [0.1, 0.15) is 11.4 Å². The SMILES string of the molecule is COc1ccc2nc(-c3ccn[nH]3)[nH]c2c1. The Labute approximate surface area is 91.5 Å². The van der Waals surface area contributed by atoms with Crippen molar-refractivity contribution in [3.8, 4) is 17.3 Å². The van der Waals surface area contributed by atoms with E-state index in [2.05, 4.69) is 20.2 Å². The van der Waals surface area contributed by atoms with E-state index in [9.17, 15) is 0 Å². The molecule has 0 saturated heterocycles.